The molecule has 0 aliphatic heterocycles. The highest BCUT2D eigenvalue weighted by molar-refractivity contribution is 6.30. The molecular formula is C15H18ClN7O. The number of benzene rings is 1. The number of nitrogens with zero attached hydrogens (tertiary/aromatic N) is 5. The van der Waals surface area contributed by atoms with Crippen LogP contribution in [0.1, 0.15) is 13.8 Å². The van der Waals surface area contributed by atoms with Gasteiger partial charge in [-0.2, -0.15) is 9.97 Å². The quantitative estimate of drug-likeness (QED) is 0.628. The SMILES string of the molecule is CC(C)N(CCO)c1nc(Nc2cccc(Cl)c2)c2[nH]nnc2n1. The average Bonchev–Trinajstić information content (AvgIpc) is 3.01. The predicted octanol–water partition coefficient (Wildman–Crippen LogP) is 2.35. The Morgan fingerprint density at radius 1 is 1.33 bits per heavy atom. The van der Waals surface area contributed by atoms with Crippen molar-refractivity contribution in [3.05, 3.63) is 29.3 Å². The Morgan fingerprint density at radius 2 is 2.17 bits per heavy atom. The van der Waals surface area contributed by atoms with Gasteiger partial charge in [0.05, 0.1) is 6.61 Å². The van der Waals surface area contributed by atoms with Gasteiger partial charge in [-0.25, -0.2) is 0 Å². The van der Waals surface area contributed by atoms with Gasteiger partial charge in [0.25, 0.3) is 0 Å². The monoisotopic (exact) mass is 347 g/mol. The van der Waals surface area contributed by atoms with E-state index in [1.54, 1.807) is 12.1 Å². The molecule has 1 aromatic carbocycles. The lowest BCUT2D eigenvalue weighted by Gasteiger charge is -2.26. The predicted molar refractivity (Wildman–Crippen MR) is 93.8 cm³/mol. The summed E-state index contributed by atoms with van der Waals surface area (Å²) in [7, 11) is 0. The van der Waals surface area contributed by atoms with Crippen LogP contribution in [-0.4, -0.2) is 49.7 Å². The molecule has 2 aromatic heterocycles. The first-order valence-electron chi connectivity index (χ1n) is 7.57. The Hall–Kier alpha value is -2.45. The van der Waals surface area contributed by atoms with Crippen LogP contribution in [0.5, 0.6) is 0 Å². The Labute approximate surface area is 143 Å². The van der Waals surface area contributed by atoms with E-state index in [1.165, 1.54) is 0 Å². The van der Waals surface area contributed by atoms with Crippen LogP contribution in [0.3, 0.4) is 0 Å². The van der Waals surface area contributed by atoms with E-state index in [1.807, 2.05) is 30.9 Å². The molecule has 0 radical (unpaired) electrons. The van der Waals surface area contributed by atoms with Gasteiger partial charge >= 0.3 is 0 Å². The van der Waals surface area contributed by atoms with Gasteiger partial charge in [-0.05, 0) is 32.0 Å². The van der Waals surface area contributed by atoms with Crippen LogP contribution in [0.2, 0.25) is 5.02 Å². The largest absolute Gasteiger partial charge is 0.395 e. The molecule has 0 amide bonds. The minimum absolute atomic E-state index is 0.00937. The Balaban J connectivity index is 2.04. The first-order chi connectivity index (χ1) is 11.6. The number of aromatic nitrogens is 5. The van der Waals surface area contributed by atoms with Crippen LogP contribution in [0.25, 0.3) is 11.2 Å². The average molecular weight is 348 g/mol. The third kappa shape index (κ3) is 3.39. The molecule has 9 heteroatoms. The normalized spacial score (nSPS) is 11.2. The van der Waals surface area contributed by atoms with Crippen molar-refractivity contribution in [2.75, 3.05) is 23.4 Å². The zero-order chi connectivity index (χ0) is 17.1. The van der Waals surface area contributed by atoms with E-state index in [2.05, 4.69) is 30.7 Å². The first kappa shape index (κ1) is 16.4. The fraction of sp³-hybridized carbons (Fsp3) is 0.333. The minimum Gasteiger partial charge on any atom is -0.395 e. The van der Waals surface area contributed by atoms with E-state index in [4.69, 9.17) is 11.6 Å². The molecule has 0 fully saturated rings. The second-order valence-corrected chi connectivity index (χ2v) is 5.97. The number of rotatable bonds is 6. The summed E-state index contributed by atoms with van der Waals surface area (Å²) in [6.07, 6.45) is 0. The molecule has 0 saturated heterocycles. The van der Waals surface area contributed by atoms with E-state index in [0.29, 0.717) is 34.5 Å². The third-order valence-corrected chi connectivity index (χ3v) is 3.73. The molecule has 3 rings (SSSR count). The Morgan fingerprint density at radius 3 is 2.88 bits per heavy atom. The van der Waals surface area contributed by atoms with Gasteiger partial charge in [0.1, 0.15) is 5.52 Å². The van der Waals surface area contributed by atoms with Crippen molar-refractivity contribution in [2.45, 2.75) is 19.9 Å². The number of fused-ring (bicyclic) bond motifs is 1. The summed E-state index contributed by atoms with van der Waals surface area (Å²) < 4.78 is 0. The summed E-state index contributed by atoms with van der Waals surface area (Å²) in [5.41, 5.74) is 1.85. The van der Waals surface area contributed by atoms with Gasteiger partial charge in [0, 0.05) is 23.3 Å². The van der Waals surface area contributed by atoms with Gasteiger partial charge in [0.2, 0.25) is 11.6 Å². The van der Waals surface area contributed by atoms with Gasteiger partial charge in [-0.1, -0.05) is 22.9 Å². The standard InChI is InChI=1S/C15H18ClN7O/c1-9(2)23(6-7-24)15-18-13(12-14(19-15)21-22-20-12)17-11-5-3-4-10(16)8-11/h3-5,8-9,24H,6-7H2,1-2H3,(H2,17,18,19,20,21,22). The van der Waals surface area contributed by atoms with E-state index in [0.717, 1.165) is 5.69 Å². The summed E-state index contributed by atoms with van der Waals surface area (Å²) in [5.74, 6) is 1.02. The molecule has 0 saturated carbocycles. The summed E-state index contributed by atoms with van der Waals surface area (Å²) in [6, 6.07) is 7.46. The van der Waals surface area contributed by atoms with Crippen molar-refractivity contribution in [3.63, 3.8) is 0 Å². The molecular weight excluding hydrogens is 330 g/mol. The van der Waals surface area contributed by atoms with Crippen molar-refractivity contribution in [3.8, 4) is 0 Å². The molecule has 8 nitrogen and oxygen atoms in total. The lowest BCUT2D eigenvalue weighted by atomic mass is 10.3. The van der Waals surface area contributed by atoms with Gasteiger partial charge in [-0.15, -0.1) is 5.10 Å². The summed E-state index contributed by atoms with van der Waals surface area (Å²) in [5, 5.41) is 23.7. The molecule has 0 aliphatic rings. The molecule has 2 heterocycles. The molecule has 0 bridgehead atoms. The van der Waals surface area contributed by atoms with E-state index in [-0.39, 0.29) is 12.6 Å². The maximum Gasteiger partial charge on any atom is 0.229 e. The highest BCUT2D eigenvalue weighted by Gasteiger charge is 2.18. The number of H-pyrrole nitrogens is 1. The molecule has 3 aromatic rings. The molecule has 0 atom stereocenters. The van der Waals surface area contributed by atoms with E-state index in [9.17, 15) is 5.11 Å². The highest BCUT2D eigenvalue weighted by atomic mass is 35.5. The van der Waals surface area contributed by atoms with Crippen molar-refractivity contribution in [1.82, 2.24) is 25.4 Å². The second kappa shape index (κ2) is 6.98. The lowest BCUT2D eigenvalue weighted by Crippen LogP contribution is -2.35. The maximum atomic E-state index is 9.29. The van der Waals surface area contributed by atoms with Gasteiger partial charge < -0.3 is 15.3 Å². The number of aliphatic hydroxyl groups is 1. The van der Waals surface area contributed by atoms with Crippen molar-refractivity contribution < 1.29 is 5.11 Å². The Bertz CT molecular complexity index is 836. The fourth-order valence-electron chi connectivity index (χ4n) is 2.35. The van der Waals surface area contributed by atoms with E-state index < -0.39 is 0 Å². The second-order valence-electron chi connectivity index (χ2n) is 5.53. The number of halogens is 1. The number of nitrogens with one attached hydrogen (secondary N) is 2. The van der Waals surface area contributed by atoms with Crippen LogP contribution >= 0.6 is 11.6 Å². The van der Waals surface area contributed by atoms with Crippen LogP contribution in [0.15, 0.2) is 24.3 Å². The summed E-state index contributed by atoms with van der Waals surface area (Å²) >= 11 is 6.03. The molecule has 0 spiro atoms. The molecule has 0 aliphatic carbocycles. The number of aromatic amines is 1. The maximum absolute atomic E-state index is 9.29. The Kier molecular flexibility index (Phi) is 4.77. The number of anilines is 3. The number of hydrogen-bond donors (Lipinski definition) is 3. The van der Waals surface area contributed by atoms with Crippen molar-refractivity contribution >= 4 is 40.2 Å². The van der Waals surface area contributed by atoms with E-state index >= 15 is 0 Å². The molecule has 3 N–H and O–H groups in total. The van der Waals surface area contributed by atoms with Crippen LogP contribution in [0.4, 0.5) is 17.5 Å². The van der Waals surface area contributed by atoms with Crippen LogP contribution in [0, 0.1) is 0 Å². The zero-order valence-corrected chi connectivity index (χ0v) is 14.1. The van der Waals surface area contributed by atoms with Crippen LogP contribution < -0.4 is 10.2 Å². The smallest absolute Gasteiger partial charge is 0.229 e. The van der Waals surface area contributed by atoms with Gasteiger partial charge in [-0.3, -0.25) is 5.10 Å². The lowest BCUT2D eigenvalue weighted by molar-refractivity contribution is 0.298. The number of aliphatic hydroxyl groups excluding tert-OH is 1. The van der Waals surface area contributed by atoms with Crippen LogP contribution in [-0.2, 0) is 0 Å². The number of hydrogen-bond acceptors (Lipinski definition) is 7. The summed E-state index contributed by atoms with van der Waals surface area (Å²) in [6.45, 7) is 4.46. The topological polar surface area (TPSA) is 103 Å². The fourth-order valence-corrected chi connectivity index (χ4v) is 2.54. The molecule has 0 unspecified atom stereocenters. The van der Waals surface area contributed by atoms with Gasteiger partial charge in [0.15, 0.2) is 5.82 Å². The molecule has 126 valence electrons. The first-order valence-corrected chi connectivity index (χ1v) is 7.95. The van der Waals surface area contributed by atoms with Crippen molar-refractivity contribution in [2.24, 2.45) is 0 Å². The van der Waals surface area contributed by atoms with Crippen molar-refractivity contribution in [1.29, 1.82) is 0 Å². The minimum atomic E-state index is 0.00937. The summed E-state index contributed by atoms with van der Waals surface area (Å²) in [4.78, 5) is 10.9. The molecule has 24 heavy (non-hydrogen) atoms. The highest BCUT2D eigenvalue weighted by Crippen LogP contribution is 2.25. The third-order valence-electron chi connectivity index (χ3n) is 3.49. The zero-order valence-electron chi connectivity index (χ0n) is 13.4.